The van der Waals surface area contributed by atoms with Crippen LogP contribution in [0.3, 0.4) is 0 Å². The van der Waals surface area contributed by atoms with Gasteiger partial charge in [-0.25, -0.2) is 0 Å². The number of ether oxygens (including phenoxy) is 2. The molecular weight excluding hydrogens is 248 g/mol. The summed E-state index contributed by atoms with van der Waals surface area (Å²) in [5, 5.41) is 0. The summed E-state index contributed by atoms with van der Waals surface area (Å²) in [6, 6.07) is 8.29. The van der Waals surface area contributed by atoms with E-state index in [0.29, 0.717) is 6.61 Å². The lowest BCUT2D eigenvalue weighted by atomic mass is 10.1. The Morgan fingerprint density at radius 1 is 1.25 bits per heavy atom. The number of benzene rings is 1. The SMILES string of the molecule is CCCCC/C=C/Cc1ccccc1OCC1(C)CO1. The molecule has 0 bridgehead atoms. The van der Waals surface area contributed by atoms with Gasteiger partial charge in [0.2, 0.25) is 0 Å². The van der Waals surface area contributed by atoms with E-state index < -0.39 is 0 Å². The van der Waals surface area contributed by atoms with Crippen molar-refractivity contribution in [3.63, 3.8) is 0 Å². The molecule has 2 nitrogen and oxygen atoms in total. The molecule has 2 heteroatoms. The zero-order valence-electron chi connectivity index (χ0n) is 12.7. The highest BCUT2D eigenvalue weighted by molar-refractivity contribution is 5.35. The number of hydrogen-bond acceptors (Lipinski definition) is 2. The third-order valence-corrected chi connectivity index (χ3v) is 3.62. The third kappa shape index (κ3) is 5.01. The molecule has 0 radical (unpaired) electrons. The number of unbranched alkanes of at least 4 members (excludes halogenated alkanes) is 3. The van der Waals surface area contributed by atoms with Crippen molar-refractivity contribution in [2.45, 2.75) is 51.6 Å². The quantitative estimate of drug-likeness (QED) is 0.375. The summed E-state index contributed by atoms with van der Waals surface area (Å²) in [6.45, 7) is 5.78. The molecule has 1 atom stereocenters. The van der Waals surface area contributed by atoms with Gasteiger partial charge in [-0.05, 0) is 37.8 Å². The number of rotatable bonds is 9. The Balaban J connectivity index is 1.80. The van der Waals surface area contributed by atoms with Gasteiger partial charge in [0.1, 0.15) is 18.0 Å². The Morgan fingerprint density at radius 3 is 2.80 bits per heavy atom. The van der Waals surface area contributed by atoms with E-state index in [4.69, 9.17) is 9.47 Å². The zero-order valence-corrected chi connectivity index (χ0v) is 12.7. The maximum Gasteiger partial charge on any atom is 0.123 e. The first-order chi connectivity index (χ1) is 9.73. The molecule has 0 N–H and O–H groups in total. The Bertz CT molecular complexity index is 433. The Labute approximate surface area is 122 Å². The predicted octanol–water partition coefficient (Wildman–Crippen LogP) is 4.53. The van der Waals surface area contributed by atoms with Gasteiger partial charge in [0, 0.05) is 0 Å². The number of allylic oxidation sites excluding steroid dienone is 2. The van der Waals surface area contributed by atoms with Crippen molar-refractivity contribution in [3.05, 3.63) is 42.0 Å². The molecule has 0 amide bonds. The maximum atomic E-state index is 5.90. The molecule has 1 aliphatic heterocycles. The molecule has 1 unspecified atom stereocenters. The molecule has 1 heterocycles. The second-order valence-corrected chi connectivity index (χ2v) is 5.81. The van der Waals surface area contributed by atoms with E-state index >= 15 is 0 Å². The molecular formula is C18H26O2. The Morgan fingerprint density at radius 2 is 2.05 bits per heavy atom. The van der Waals surface area contributed by atoms with Crippen LogP contribution in [0, 0.1) is 0 Å². The first kappa shape index (κ1) is 15.1. The van der Waals surface area contributed by atoms with Crippen LogP contribution in [0.4, 0.5) is 0 Å². The van der Waals surface area contributed by atoms with Gasteiger partial charge in [0.05, 0.1) is 6.61 Å². The normalized spacial score (nSPS) is 21.3. The molecule has 110 valence electrons. The lowest BCUT2D eigenvalue weighted by Crippen LogP contribution is -2.17. The maximum absolute atomic E-state index is 5.90. The van der Waals surface area contributed by atoms with Gasteiger partial charge in [0.15, 0.2) is 0 Å². The summed E-state index contributed by atoms with van der Waals surface area (Å²) >= 11 is 0. The first-order valence-corrected chi connectivity index (χ1v) is 7.73. The number of hydrogen-bond donors (Lipinski definition) is 0. The van der Waals surface area contributed by atoms with Gasteiger partial charge >= 0.3 is 0 Å². The fourth-order valence-electron chi connectivity index (χ4n) is 2.09. The fourth-order valence-corrected chi connectivity index (χ4v) is 2.09. The van der Waals surface area contributed by atoms with Crippen LogP contribution in [0.1, 0.15) is 45.1 Å². The van der Waals surface area contributed by atoms with Crippen LogP contribution in [0.2, 0.25) is 0 Å². The minimum atomic E-state index is -0.0525. The van der Waals surface area contributed by atoms with Gasteiger partial charge in [-0.2, -0.15) is 0 Å². The highest BCUT2D eigenvalue weighted by atomic mass is 16.6. The van der Waals surface area contributed by atoms with Crippen LogP contribution in [0.15, 0.2) is 36.4 Å². The summed E-state index contributed by atoms with van der Waals surface area (Å²) in [6.07, 6.45) is 10.6. The second kappa shape index (κ2) is 7.49. The molecule has 1 saturated heterocycles. The largest absolute Gasteiger partial charge is 0.490 e. The van der Waals surface area contributed by atoms with Crippen molar-refractivity contribution in [2.75, 3.05) is 13.2 Å². The minimum absolute atomic E-state index is 0.0525. The first-order valence-electron chi connectivity index (χ1n) is 7.73. The van der Waals surface area contributed by atoms with E-state index in [2.05, 4.69) is 38.1 Å². The predicted molar refractivity (Wildman–Crippen MR) is 83.3 cm³/mol. The summed E-state index contributed by atoms with van der Waals surface area (Å²) in [5.74, 6) is 0.988. The van der Waals surface area contributed by atoms with Gasteiger partial charge < -0.3 is 9.47 Å². The van der Waals surface area contributed by atoms with E-state index in [1.54, 1.807) is 0 Å². The molecule has 2 rings (SSSR count). The third-order valence-electron chi connectivity index (χ3n) is 3.62. The van der Waals surface area contributed by atoms with Crippen molar-refractivity contribution >= 4 is 0 Å². The summed E-state index contributed by atoms with van der Waals surface area (Å²) < 4.78 is 11.3. The van der Waals surface area contributed by atoms with E-state index in [1.165, 1.54) is 31.2 Å². The molecule has 0 saturated carbocycles. The summed E-state index contributed by atoms with van der Waals surface area (Å²) in [5.41, 5.74) is 1.20. The number of epoxide rings is 1. The van der Waals surface area contributed by atoms with Crippen LogP contribution in [-0.4, -0.2) is 18.8 Å². The standard InChI is InChI=1S/C18H26O2/c1-3-4-5-6-7-8-11-16-12-9-10-13-17(16)19-14-18(2)15-20-18/h7-10,12-13H,3-6,11,14-15H2,1-2H3/b8-7+. The monoisotopic (exact) mass is 274 g/mol. The van der Waals surface area contributed by atoms with Crippen LogP contribution < -0.4 is 4.74 Å². The second-order valence-electron chi connectivity index (χ2n) is 5.81. The van der Waals surface area contributed by atoms with Crippen molar-refractivity contribution < 1.29 is 9.47 Å². The highest BCUT2D eigenvalue weighted by Gasteiger charge is 2.40. The van der Waals surface area contributed by atoms with Gasteiger partial charge in [-0.1, -0.05) is 50.1 Å². The zero-order chi connectivity index (χ0) is 14.3. The van der Waals surface area contributed by atoms with Gasteiger partial charge in [-0.15, -0.1) is 0 Å². The fraction of sp³-hybridized carbons (Fsp3) is 0.556. The Kier molecular flexibility index (Phi) is 5.66. The van der Waals surface area contributed by atoms with Crippen molar-refractivity contribution in [1.82, 2.24) is 0 Å². The van der Waals surface area contributed by atoms with Crippen molar-refractivity contribution in [1.29, 1.82) is 0 Å². The molecule has 0 aliphatic carbocycles. The molecule has 1 aromatic carbocycles. The molecule has 1 aromatic rings. The minimum Gasteiger partial charge on any atom is -0.490 e. The smallest absolute Gasteiger partial charge is 0.123 e. The molecule has 0 aromatic heterocycles. The topological polar surface area (TPSA) is 21.8 Å². The van der Waals surface area contributed by atoms with E-state index in [1.807, 2.05) is 12.1 Å². The molecule has 1 fully saturated rings. The van der Waals surface area contributed by atoms with Crippen molar-refractivity contribution in [3.8, 4) is 5.75 Å². The highest BCUT2D eigenvalue weighted by Crippen LogP contribution is 2.28. The lowest BCUT2D eigenvalue weighted by Gasteiger charge is -2.12. The molecule has 20 heavy (non-hydrogen) atoms. The lowest BCUT2D eigenvalue weighted by molar-refractivity contribution is 0.201. The average Bonchev–Trinajstić information content (AvgIpc) is 3.20. The van der Waals surface area contributed by atoms with Gasteiger partial charge in [-0.3, -0.25) is 0 Å². The van der Waals surface area contributed by atoms with E-state index in [0.717, 1.165) is 18.8 Å². The summed E-state index contributed by atoms with van der Waals surface area (Å²) in [4.78, 5) is 0. The van der Waals surface area contributed by atoms with Gasteiger partial charge in [0.25, 0.3) is 0 Å². The van der Waals surface area contributed by atoms with Crippen LogP contribution in [0.25, 0.3) is 0 Å². The van der Waals surface area contributed by atoms with Crippen LogP contribution in [-0.2, 0) is 11.2 Å². The number of para-hydroxylation sites is 1. The Hall–Kier alpha value is -1.28. The van der Waals surface area contributed by atoms with E-state index in [-0.39, 0.29) is 5.60 Å². The van der Waals surface area contributed by atoms with Crippen LogP contribution in [0.5, 0.6) is 5.75 Å². The van der Waals surface area contributed by atoms with E-state index in [9.17, 15) is 0 Å². The molecule has 0 spiro atoms. The average molecular weight is 274 g/mol. The van der Waals surface area contributed by atoms with Crippen molar-refractivity contribution in [2.24, 2.45) is 0 Å². The summed E-state index contributed by atoms with van der Waals surface area (Å²) in [7, 11) is 0. The molecule has 1 aliphatic rings. The van der Waals surface area contributed by atoms with Crippen LogP contribution >= 0.6 is 0 Å².